The van der Waals surface area contributed by atoms with Crippen LogP contribution in [0, 0.1) is 6.92 Å². The number of hydrogen-bond donors (Lipinski definition) is 3. The highest BCUT2D eigenvalue weighted by Gasteiger charge is 2.31. The molecular weight excluding hydrogens is 410 g/mol. The number of thiophene rings is 1. The highest BCUT2D eigenvalue weighted by molar-refractivity contribution is 7.21. The lowest BCUT2D eigenvalue weighted by Gasteiger charge is -2.42. The SMILES string of the molecule is Cc1ccc2c(N)c(C(=O)NCCc3ccc(N4CC5CNCC(C4)O5)cc3)sc2n1. The summed E-state index contributed by atoms with van der Waals surface area (Å²) in [5, 5.41) is 7.27. The fraction of sp³-hybridized carbons (Fsp3) is 0.391. The van der Waals surface area contributed by atoms with Gasteiger partial charge in [-0.05, 0) is 43.2 Å². The molecule has 162 valence electrons. The zero-order valence-electron chi connectivity index (χ0n) is 17.6. The highest BCUT2D eigenvalue weighted by atomic mass is 32.1. The summed E-state index contributed by atoms with van der Waals surface area (Å²) >= 11 is 1.35. The van der Waals surface area contributed by atoms with Crippen LogP contribution in [-0.2, 0) is 11.2 Å². The first-order chi connectivity index (χ1) is 15.1. The smallest absolute Gasteiger partial charge is 0.263 e. The van der Waals surface area contributed by atoms with E-state index in [1.54, 1.807) is 0 Å². The summed E-state index contributed by atoms with van der Waals surface area (Å²) in [6.45, 7) is 6.18. The Kier molecular flexibility index (Phi) is 5.52. The van der Waals surface area contributed by atoms with Crippen LogP contribution in [0.15, 0.2) is 36.4 Å². The molecule has 2 aliphatic heterocycles. The minimum atomic E-state index is -0.136. The number of rotatable bonds is 5. The summed E-state index contributed by atoms with van der Waals surface area (Å²) in [6.07, 6.45) is 1.30. The predicted molar refractivity (Wildman–Crippen MR) is 125 cm³/mol. The Morgan fingerprint density at radius 3 is 2.71 bits per heavy atom. The van der Waals surface area contributed by atoms with E-state index >= 15 is 0 Å². The third-order valence-corrected chi connectivity index (χ3v) is 7.03. The van der Waals surface area contributed by atoms with Crippen molar-refractivity contribution in [2.75, 3.05) is 43.4 Å². The number of carbonyl (C=O) groups is 1. The van der Waals surface area contributed by atoms with E-state index in [-0.39, 0.29) is 18.1 Å². The average molecular weight is 438 g/mol. The van der Waals surface area contributed by atoms with E-state index in [0.717, 1.165) is 48.5 Å². The average Bonchev–Trinajstić information content (AvgIpc) is 3.09. The minimum absolute atomic E-state index is 0.136. The van der Waals surface area contributed by atoms with Crippen LogP contribution in [0.4, 0.5) is 11.4 Å². The molecule has 7 nitrogen and oxygen atoms in total. The van der Waals surface area contributed by atoms with E-state index in [4.69, 9.17) is 10.5 Å². The molecule has 2 saturated heterocycles. The lowest BCUT2D eigenvalue weighted by molar-refractivity contribution is -0.0483. The van der Waals surface area contributed by atoms with Crippen molar-refractivity contribution in [3.63, 3.8) is 0 Å². The van der Waals surface area contributed by atoms with E-state index in [1.165, 1.54) is 22.6 Å². The Labute approximate surface area is 185 Å². The maximum absolute atomic E-state index is 12.6. The van der Waals surface area contributed by atoms with Gasteiger partial charge in [-0.15, -0.1) is 11.3 Å². The van der Waals surface area contributed by atoms with Crippen LogP contribution in [0.25, 0.3) is 10.2 Å². The van der Waals surface area contributed by atoms with Gasteiger partial charge < -0.3 is 26.0 Å². The van der Waals surface area contributed by atoms with Crippen LogP contribution in [0.3, 0.4) is 0 Å². The van der Waals surface area contributed by atoms with E-state index < -0.39 is 0 Å². The van der Waals surface area contributed by atoms with Crippen LogP contribution in [0.2, 0.25) is 0 Å². The Morgan fingerprint density at radius 1 is 1.23 bits per heavy atom. The number of aromatic nitrogens is 1. The molecule has 1 aromatic carbocycles. The molecule has 4 N–H and O–H groups in total. The Morgan fingerprint density at radius 2 is 1.97 bits per heavy atom. The molecule has 2 fully saturated rings. The number of ether oxygens (including phenoxy) is 1. The monoisotopic (exact) mass is 437 g/mol. The molecule has 0 saturated carbocycles. The molecule has 1 amide bonds. The van der Waals surface area contributed by atoms with Crippen LogP contribution >= 0.6 is 11.3 Å². The first kappa shape index (κ1) is 20.2. The highest BCUT2D eigenvalue weighted by Crippen LogP contribution is 2.32. The number of nitrogen functional groups attached to an aromatic ring is 1. The molecule has 31 heavy (non-hydrogen) atoms. The first-order valence-electron chi connectivity index (χ1n) is 10.7. The maximum atomic E-state index is 12.6. The predicted octanol–water partition coefficient (Wildman–Crippen LogP) is 2.34. The standard InChI is InChI=1S/C23H27N5O2S/c1-14-2-7-19-20(24)21(31-23(19)27-14)22(29)26-9-8-15-3-5-16(6-4-15)28-12-17-10-25-11-18(13-28)30-17/h2-7,17-18,25H,8-13,24H2,1H3,(H,26,29). The first-order valence-corrected chi connectivity index (χ1v) is 11.5. The molecule has 3 aromatic rings. The van der Waals surface area contributed by atoms with Crippen LogP contribution in [0.5, 0.6) is 0 Å². The van der Waals surface area contributed by atoms with E-state index in [2.05, 4.69) is 44.8 Å². The molecule has 2 aromatic heterocycles. The summed E-state index contributed by atoms with van der Waals surface area (Å²) in [6, 6.07) is 12.5. The number of carbonyl (C=O) groups excluding carboxylic acids is 1. The molecule has 2 atom stereocenters. The third-order valence-electron chi connectivity index (χ3n) is 5.92. The van der Waals surface area contributed by atoms with Gasteiger partial charge in [-0.25, -0.2) is 4.98 Å². The number of nitrogens with two attached hydrogens (primary N) is 1. The van der Waals surface area contributed by atoms with Gasteiger partial charge in [0.1, 0.15) is 9.71 Å². The van der Waals surface area contributed by atoms with Gasteiger partial charge in [0.15, 0.2) is 0 Å². The van der Waals surface area contributed by atoms with Gasteiger partial charge in [0.05, 0.1) is 17.9 Å². The molecule has 2 bridgehead atoms. The molecule has 8 heteroatoms. The molecule has 5 rings (SSSR count). The second kappa shape index (κ2) is 8.45. The Hall–Kier alpha value is -2.68. The number of nitrogens with one attached hydrogen (secondary N) is 2. The fourth-order valence-electron chi connectivity index (χ4n) is 4.30. The van der Waals surface area contributed by atoms with Gasteiger partial charge in [0, 0.05) is 49.5 Å². The Bertz CT molecular complexity index is 1090. The molecular formula is C23H27N5O2S. The number of anilines is 2. The van der Waals surface area contributed by atoms with E-state index in [1.807, 2.05) is 19.1 Å². The van der Waals surface area contributed by atoms with Crippen molar-refractivity contribution in [3.05, 3.63) is 52.5 Å². The van der Waals surface area contributed by atoms with Crippen molar-refractivity contribution in [1.82, 2.24) is 15.6 Å². The van der Waals surface area contributed by atoms with Gasteiger partial charge in [-0.1, -0.05) is 12.1 Å². The maximum Gasteiger partial charge on any atom is 0.263 e. The van der Waals surface area contributed by atoms with Gasteiger partial charge in [-0.2, -0.15) is 0 Å². The van der Waals surface area contributed by atoms with E-state index in [0.29, 0.717) is 17.1 Å². The van der Waals surface area contributed by atoms with Gasteiger partial charge in [0.2, 0.25) is 0 Å². The van der Waals surface area contributed by atoms with Crippen molar-refractivity contribution in [1.29, 1.82) is 0 Å². The molecule has 2 unspecified atom stereocenters. The number of nitrogens with zero attached hydrogens (tertiary/aromatic N) is 2. The van der Waals surface area contributed by atoms with Crippen LogP contribution < -0.4 is 21.3 Å². The number of aryl methyl sites for hydroxylation is 1. The molecule has 4 heterocycles. The minimum Gasteiger partial charge on any atom is -0.397 e. The van der Waals surface area contributed by atoms with Crippen molar-refractivity contribution in [2.24, 2.45) is 0 Å². The number of benzene rings is 1. The van der Waals surface area contributed by atoms with E-state index in [9.17, 15) is 4.79 Å². The van der Waals surface area contributed by atoms with Gasteiger partial charge in [0.25, 0.3) is 5.91 Å². The normalized spacial score (nSPS) is 20.7. The number of morpholine rings is 2. The summed E-state index contributed by atoms with van der Waals surface area (Å²) in [4.78, 5) is 20.9. The summed E-state index contributed by atoms with van der Waals surface area (Å²) in [7, 11) is 0. The van der Waals surface area contributed by atoms with Gasteiger partial charge >= 0.3 is 0 Å². The largest absolute Gasteiger partial charge is 0.397 e. The zero-order chi connectivity index (χ0) is 21.4. The number of hydrogen-bond acceptors (Lipinski definition) is 7. The number of pyridine rings is 1. The molecule has 0 spiro atoms. The third kappa shape index (κ3) is 4.23. The second-order valence-corrected chi connectivity index (χ2v) is 9.26. The van der Waals surface area contributed by atoms with Crippen molar-refractivity contribution >= 4 is 38.8 Å². The van der Waals surface area contributed by atoms with Gasteiger partial charge in [-0.3, -0.25) is 4.79 Å². The second-order valence-electron chi connectivity index (χ2n) is 8.27. The van der Waals surface area contributed by atoms with Crippen molar-refractivity contribution < 1.29 is 9.53 Å². The quantitative estimate of drug-likeness (QED) is 0.567. The molecule has 0 aliphatic carbocycles. The summed E-state index contributed by atoms with van der Waals surface area (Å²) in [5.41, 5.74) is 10.0. The molecule has 0 radical (unpaired) electrons. The van der Waals surface area contributed by atoms with Crippen LogP contribution in [0.1, 0.15) is 20.9 Å². The number of amides is 1. The number of fused-ring (bicyclic) bond motifs is 3. The summed E-state index contributed by atoms with van der Waals surface area (Å²) in [5.74, 6) is -0.136. The van der Waals surface area contributed by atoms with Crippen LogP contribution in [-0.4, -0.2) is 55.8 Å². The zero-order valence-corrected chi connectivity index (χ0v) is 18.4. The van der Waals surface area contributed by atoms with Crippen molar-refractivity contribution in [3.8, 4) is 0 Å². The summed E-state index contributed by atoms with van der Waals surface area (Å²) < 4.78 is 5.99. The topological polar surface area (TPSA) is 92.5 Å². The lowest BCUT2D eigenvalue weighted by atomic mass is 10.1. The lowest BCUT2D eigenvalue weighted by Crippen LogP contribution is -2.58. The van der Waals surface area contributed by atoms with Crippen molar-refractivity contribution in [2.45, 2.75) is 25.6 Å². The molecule has 2 aliphatic rings. The Balaban J connectivity index is 1.17. The fourth-order valence-corrected chi connectivity index (χ4v) is 5.35.